The van der Waals surface area contributed by atoms with E-state index in [1.807, 2.05) is 0 Å². The van der Waals surface area contributed by atoms with Gasteiger partial charge in [-0.1, -0.05) is 0 Å². The van der Waals surface area contributed by atoms with E-state index in [0.717, 1.165) is 30.3 Å². The first-order valence-electron chi connectivity index (χ1n) is 5.44. The van der Waals surface area contributed by atoms with Crippen molar-refractivity contribution < 1.29 is 17.6 Å². The van der Waals surface area contributed by atoms with Gasteiger partial charge in [-0.15, -0.1) is 0 Å². The van der Waals surface area contributed by atoms with Gasteiger partial charge in [0.15, 0.2) is 5.11 Å². The zero-order valence-electron chi connectivity index (χ0n) is 9.88. The minimum absolute atomic E-state index is 0.0827. The summed E-state index contributed by atoms with van der Waals surface area (Å²) in [5.41, 5.74) is -0.272. The van der Waals surface area contributed by atoms with Crippen molar-refractivity contribution in [3.63, 3.8) is 0 Å². The van der Waals surface area contributed by atoms with Crippen LogP contribution in [-0.4, -0.2) is 5.11 Å². The minimum Gasteiger partial charge on any atom is -0.330 e. The molecule has 7 heteroatoms. The molecule has 0 saturated carbocycles. The molecule has 0 fully saturated rings. The summed E-state index contributed by atoms with van der Waals surface area (Å²) < 4.78 is 52.4. The van der Waals surface area contributed by atoms with Crippen molar-refractivity contribution >= 4 is 28.7 Å². The summed E-state index contributed by atoms with van der Waals surface area (Å²) in [6, 6.07) is 5.64. The lowest BCUT2D eigenvalue weighted by molar-refractivity contribution is 0.586. The predicted molar refractivity (Wildman–Crippen MR) is 72.6 cm³/mol. The van der Waals surface area contributed by atoms with Gasteiger partial charge >= 0.3 is 0 Å². The summed E-state index contributed by atoms with van der Waals surface area (Å²) in [7, 11) is 0. The maximum absolute atomic E-state index is 13.4. The first kappa shape index (κ1) is 14.3. The van der Waals surface area contributed by atoms with Gasteiger partial charge in [-0.25, -0.2) is 17.6 Å². The molecule has 0 spiro atoms. The van der Waals surface area contributed by atoms with Crippen LogP contribution in [0.5, 0.6) is 0 Å². The third-order valence-electron chi connectivity index (χ3n) is 2.36. The highest BCUT2D eigenvalue weighted by molar-refractivity contribution is 7.80. The molecule has 2 rings (SSSR count). The minimum atomic E-state index is -0.853. The summed E-state index contributed by atoms with van der Waals surface area (Å²) >= 11 is 4.84. The second-order valence-corrected chi connectivity index (χ2v) is 4.24. The number of thiocarbonyl (C=S) groups is 1. The third kappa shape index (κ3) is 3.45. The largest absolute Gasteiger partial charge is 0.330 e. The predicted octanol–water partition coefficient (Wildman–Crippen LogP) is 4.05. The quantitative estimate of drug-likeness (QED) is 0.646. The van der Waals surface area contributed by atoms with Crippen molar-refractivity contribution in [2.24, 2.45) is 0 Å². The Morgan fingerprint density at radius 1 is 0.750 bits per heavy atom. The molecule has 2 aromatic carbocycles. The lowest BCUT2D eigenvalue weighted by atomic mass is 10.3. The molecule has 0 atom stereocenters. The van der Waals surface area contributed by atoms with Gasteiger partial charge in [0.2, 0.25) is 0 Å². The molecule has 20 heavy (non-hydrogen) atoms. The van der Waals surface area contributed by atoms with Gasteiger partial charge in [0.25, 0.3) is 0 Å². The molecule has 0 aliphatic rings. The molecule has 104 valence electrons. The number of hydrogen-bond donors (Lipinski definition) is 2. The van der Waals surface area contributed by atoms with E-state index in [4.69, 9.17) is 12.2 Å². The van der Waals surface area contributed by atoms with Crippen LogP contribution in [0.25, 0.3) is 0 Å². The summed E-state index contributed by atoms with van der Waals surface area (Å²) in [6.45, 7) is 0. The average Bonchev–Trinajstić information content (AvgIpc) is 2.37. The van der Waals surface area contributed by atoms with Crippen molar-refractivity contribution in [3.05, 3.63) is 59.7 Å². The van der Waals surface area contributed by atoms with Gasteiger partial charge in [-0.05, 0) is 36.5 Å². The van der Waals surface area contributed by atoms with Crippen molar-refractivity contribution in [3.8, 4) is 0 Å². The van der Waals surface area contributed by atoms with Crippen molar-refractivity contribution in [1.82, 2.24) is 0 Å². The van der Waals surface area contributed by atoms with Crippen LogP contribution in [0.15, 0.2) is 36.4 Å². The summed E-state index contributed by atoms with van der Waals surface area (Å²) in [5, 5.41) is 4.66. The molecule has 0 heterocycles. The van der Waals surface area contributed by atoms with E-state index < -0.39 is 23.3 Å². The molecule has 0 aliphatic carbocycles. The Morgan fingerprint density at radius 2 is 1.35 bits per heavy atom. The Kier molecular flexibility index (Phi) is 4.19. The molecule has 2 aromatic rings. The number of hydrogen-bond acceptors (Lipinski definition) is 1. The second kappa shape index (κ2) is 5.87. The molecular formula is C13H8F4N2S. The monoisotopic (exact) mass is 300 g/mol. The van der Waals surface area contributed by atoms with E-state index in [9.17, 15) is 17.6 Å². The normalized spacial score (nSPS) is 10.2. The lowest BCUT2D eigenvalue weighted by Gasteiger charge is -2.11. The van der Waals surface area contributed by atoms with Gasteiger partial charge in [-0.2, -0.15) is 0 Å². The van der Waals surface area contributed by atoms with E-state index >= 15 is 0 Å². The van der Waals surface area contributed by atoms with Gasteiger partial charge in [0.05, 0.1) is 11.4 Å². The van der Waals surface area contributed by atoms with Crippen LogP contribution in [0.1, 0.15) is 0 Å². The second-order valence-electron chi connectivity index (χ2n) is 3.83. The molecule has 0 unspecified atom stereocenters. The zero-order chi connectivity index (χ0) is 14.7. The molecule has 0 amide bonds. The van der Waals surface area contributed by atoms with E-state index in [1.54, 1.807) is 0 Å². The Morgan fingerprint density at radius 3 is 2.05 bits per heavy atom. The highest BCUT2D eigenvalue weighted by atomic mass is 32.1. The van der Waals surface area contributed by atoms with Crippen molar-refractivity contribution in [2.45, 2.75) is 0 Å². The highest BCUT2D eigenvalue weighted by Crippen LogP contribution is 2.18. The molecule has 2 nitrogen and oxygen atoms in total. The standard InChI is InChI=1S/C13H8F4N2S/c14-7-2-4-11(10(17)5-7)18-13(20)19-12-6-8(15)1-3-9(12)16/h1-6H,(H2,18,19,20). The first-order chi connectivity index (χ1) is 9.45. The zero-order valence-corrected chi connectivity index (χ0v) is 10.7. The van der Waals surface area contributed by atoms with Gasteiger partial charge in [0, 0.05) is 12.1 Å². The fourth-order valence-electron chi connectivity index (χ4n) is 1.46. The Bertz CT molecular complexity index is 661. The number of nitrogens with one attached hydrogen (secondary N) is 2. The Hall–Kier alpha value is -2.15. The van der Waals surface area contributed by atoms with Crippen molar-refractivity contribution in [1.29, 1.82) is 0 Å². The molecule has 0 aliphatic heterocycles. The van der Waals surface area contributed by atoms with E-state index in [2.05, 4.69) is 10.6 Å². The fraction of sp³-hybridized carbons (Fsp3) is 0. The van der Waals surface area contributed by atoms with Crippen LogP contribution in [0.3, 0.4) is 0 Å². The maximum Gasteiger partial charge on any atom is 0.175 e. The average molecular weight is 300 g/mol. The maximum atomic E-state index is 13.4. The first-order valence-corrected chi connectivity index (χ1v) is 5.84. The molecule has 0 saturated heterocycles. The summed E-state index contributed by atoms with van der Waals surface area (Å²) in [4.78, 5) is 0. The van der Waals surface area contributed by atoms with Crippen LogP contribution < -0.4 is 10.6 Å². The van der Waals surface area contributed by atoms with Crippen LogP contribution in [0.2, 0.25) is 0 Å². The fourth-order valence-corrected chi connectivity index (χ4v) is 1.68. The molecule has 0 radical (unpaired) electrons. The van der Waals surface area contributed by atoms with Crippen LogP contribution in [0, 0.1) is 23.3 Å². The van der Waals surface area contributed by atoms with E-state index in [0.29, 0.717) is 6.07 Å². The SMILES string of the molecule is Fc1ccc(NC(=S)Nc2cc(F)ccc2F)c(F)c1. The Labute approximate surface area is 117 Å². The molecule has 2 N–H and O–H groups in total. The Balaban J connectivity index is 2.11. The van der Waals surface area contributed by atoms with Crippen LogP contribution in [0.4, 0.5) is 28.9 Å². The van der Waals surface area contributed by atoms with E-state index in [1.165, 1.54) is 0 Å². The molecule has 0 aromatic heterocycles. The molecular weight excluding hydrogens is 292 g/mol. The van der Waals surface area contributed by atoms with Gasteiger partial charge < -0.3 is 10.6 Å². The van der Waals surface area contributed by atoms with E-state index in [-0.39, 0.29) is 16.5 Å². The van der Waals surface area contributed by atoms with Crippen LogP contribution in [-0.2, 0) is 0 Å². The number of halogens is 4. The smallest absolute Gasteiger partial charge is 0.175 e. The number of benzene rings is 2. The summed E-state index contributed by atoms with van der Waals surface area (Å²) in [6.07, 6.45) is 0. The van der Waals surface area contributed by atoms with Gasteiger partial charge in [-0.3, -0.25) is 0 Å². The van der Waals surface area contributed by atoms with Crippen molar-refractivity contribution in [2.75, 3.05) is 10.6 Å². The number of anilines is 2. The van der Waals surface area contributed by atoms with Gasteiger partial charge in [0.1, 0.15) is 23.3 Å². The molecule has 0 bridgehead atoms. The topological polar surface area (TPSA) is 24.1 Å². The third-order valence-corrected chi connectivity index (χ3v) is 2.56. The lowest BCUT2D eigenvalue weighted by Crippen LogP contribution is -2.20. The summed E-state index contributed by atoms with van der Waals surface area (Å²) in [5.74, 6) is -2.95. The number of rotatable bonds is 2. The van der Waals surface area contributed by atoms with Crippen LogP contribution >= 0.6 is 12.2 Å². The highest BCUT2D eigenvalue weighted by Gasteiger charge is 2.08.